The van der Waals surface area contributed by atoms with Gasteiger partial charge in [-0.1, -0.05) is 0 Å². The van der Waals surface area contributed by atoms with Crippen LogP contribution in [0.2, 0.25) is 0 Å². The molecule has 0 aliphatic rings. The third-order valence-corrected chi connectivity index (χ3v) is 2.06. The Bertz CT molecular complexity index is 586. The van der Waals surface area contributed by atoms with E-state index in [2.05, 4.69) is 0 Å². The largest absolute Gasteiger partial charge is 0.475 e. The molecule has 1 N–H and O–H groups in total. The minimum absolute atomic E-state index is 0.00116. The minimum Gasteiger partial charge on any atom is -0.475 e. The summed E-state index contributed by atoms with van der Waals surface area (Å²) in [6.45, 7) is 0. The molecular weight excluding hydrogens is 242 g/mol. The standard InChI is InChI=1S/C11H7NO6/c13-11(14)9-5-6-10(18-9)17-8-3-1-7(2-4-8)12(15)16/h1-6H,(H,13,14). The second kappa shape index (κ2) is 4.58. The van der Waals surface area contributed by atoms with Crippen molar-refractivity contribution in [2.75, 3.05) is 0 Å². The second-order valence-electron chi connectivity index (χ2n) is 3.28. The van der Waals surface area contributed by atoms with E-state index in [4.69, 9.17) is 14.3 Å². The predicted molar refractivity (Wildman–Crippen MR) is 58.8 cm³/mol. The van der Waals surface area contributed by atoms with E-state index < -0.39 is 10.9 Å². The van der Waals surface area contributed by atoms with Crippen LogP contribution in [0.15, 0.2) is 40.8 Å². The monoisotopic (exact) mass is 249 g/mol. The molecule has 2 aromatic rings. The SMILES string of the molecule is O=C(O)c1ccc(Oc2ccc([N+](=O)[O-])cc2)o1. The highest BCUT2D eigenvalue weighted by Gasteiger charge is 2.11. The number of furan rings is 1. The molecule has 0 atom stereocenters. The Morgan fingerprint density at radius 1 is 1.22 bits per heavy atom. The summed E-state index contributed by atoms with van der Waals surface area (Å²) in [5.41, 5.74) is -0.0620. The van der Waals surface area contributed by atoms with Crippen molar-refractivity contribution in [3.63, 3.8) is 0 Å². The number of rotatable bonds is 4. The molecule has 0 radical (unpaired) electrons. The van der Waals surface area contributed by atoms with E-state index in [1.165, 1.54) is 36.4 Å². The van der Waals surface area contributed by atoms with E-state index in [0.29, 0.717) is 5.75 Å². The van der Waals surface area contributed by atoms with Gasteiger partial charge in [0.1, 0.15) is 5.75 Å². The first-order chi connectivity index (χ1) is 8.56. The van der Waals surface area contributed by atoms with Gasteiger partial charge < -0.3 is 14.3 Å². The van der Waals surface area contributed by atoms with Crippen LogP contribution in [0.4, 0.5) is 5.69 Å². The van der Waals surface area contributed by atoms with Crippen molar-refractivity contribution in [2.45, 2.75) is 0 Å². The van der Waals surface area contributed by atoms with Gasteiger partial charge in [-0.25, -0.2) is 4.79 Å². The van der Waals surface area contributed by atoms with Crippen molar-refractivity contribution < 1.29 is 24.0 Å². The molecule has 1 heterocycles. The fourth-order valence-corrected chi connectivity index (χ4v) is 1.24. The summed E-state index contributed by atoms with van der Waals surface area (Å²) >= 11 is 0. The molecule has 0 unspecified atom stereocenters. The number of hydrogen-bond acceptors (Lipinski definition) is 5. The van der Waals surface area contributed by atoms with Gasteiger partial charge in [0.05, 0.1) is 4.92 Å². The zero-order valence-electron chi connectivity index (χ0n) is 8.90. The Morgan fingerprint density at radius 2 is 1.89 bits per heavy atom. The molecule has 0 aliphatic heterocycles. The minimum atomic E-state index is -1.20. The molecule has 0 saturated carbocycles. The van der Waals surface area contributed by atoms with Gasteiger partial charge in [-0.3, -0.25) is 10.1 Å². The zero-order valence-corrected chi connectivity index (χ0v) is 8.90. The number of carbonyl (C=O) groups is 1. The number of hydrogen-bond donors (Lipinski definition) is 1. The first-order valence-corrected chi connectivity index (χ1v) is 4.82. The smallest absolute Gasteiger partial charge is 0.371 e. The van der Waals surface area contributed by atoms with E-state index >= 15 is 0 Å². The zero-order chi connectivity index (χ0) is 13.1. The highest BCUT2D eigenvalue weighted by atomic mass is 16.6. The number of carboxylic acids is 1. The lowest BCUT2D eigenvalue weighted by molar-refractivity contribution is -0.384. The van der Waals surface area contributed by atoms with Crippen molar-refractivity contribution in [1.29, 1.82) is 0 Å². The molecule has 1 aromatic heterocycles. The summed E-state index contributed by atoms with van der Waals surface area (Å²) in [6, 6.07) is 7.93. The molecule has 18 heavy (non-hydrogen) atoms. The Labute approximate surface area is 100 Å². The number of nitrogens with zero attached hydrogens (tertiary/aromatic N) is 1. The number of aromatic carboxylic acids is 1. The van der Waals surface area contributed by atoms with E-state index in [9.17, 15) is 14.9 Å². The number of ether oxygens (including phenoxy) is 1. The van der Waals surface area contributed by atoms with Gasteiger partial charge in [-0.15, -0.1) is 0 Å². The molecule has 7 heteroatoms. The number of benzene rings is 1. The fourth-order valence-electron chi connectivity index (χ4n) is 1.24. The predicted octanol–water partition coefficient (Wildman–Crippen LogP) is 2.68. The topological polar surface area (TPSA) is 103 Å². The van der Waals surface area contributed by atoms with Crippen LogP contribution in [-0.4, -0.2) is 16.0 Å². The Hall–Kier alpha value is -2.83. The lowest BCUT2D eigenvalue weighted by atomic mass is 10.3. The van der Waals surface area contributed by atoms with Crippen LogP contribution in [0, 0.1) is 10.1 Å². The Balaban J connectivity index is 2.13. The maximum atomic E-state index is 10.6. The summed E-state index contributed by atoms with van der Waals surface area (Å²) in [4.78, 5) is 20.5. The first kappa shape index (κ1) is 11.6. The summed E-state index contributed by atoms with van der Waals surface area (Å²) in [5, 5.41) is 19.1. The molecule has 0 spiro atoms. The molecule has 92 valence electrons. The summed E-state index contributed by atoms with van der Waals surface area (Å²) in [7, 11) is 0. The molecule has 0 bridgehead atoms. The van der Waals surface area contributed by atoms with Crippen LogP contribution in [0.25, 0.3) is 0 Å². The molecule has 7 nitrogen and oxygen atoms in total. The van der Waals surface area contributed by atoms with E-state index in [0.717, 1.165) is 0 Å². The molecule has 2 rings (SSSR count). The van der Waals surface area contributed by atoms with Crippen molar-refractivity contribution >= 4 is 11.7 Å². The van der Waals surface area contributed by atoms with Gasteiger partial charge >= 0.3 is 5.97 Å². The van der Waals surface area contributed by atoms with Gasteiger partial charge in [0, 0.05) is 18.2 Å². The highest BCUT2D eigenvalue weighted by molar-refractivity contribution is 5.84. The Kier molecular flexibility index (Phi) is 2.96. The molecule has 0 amide bonds. The van der Waals surface area contributed by atoms with Gasteiger partial charge in [0.25, 0.3) is 11.6 Å². The maximum absolute atomic E-state index is 10.6. The molecular formula is C11H7NO6. The summed E-state index contributed by atoms with van der Waals surface area (Å²) in [6.07, 6.45) is 0. The molecule has 0 fully saturated rings. The average molecular weight is 249 g/mol. The van der Waals surface area contributed by atoms with Gasteiger partial charge in [-0.05, 0) is 18.2 Å². The van der Waals surface area contributed by atoms with Crippen molar-refractivity contribution in [1.82, 2.24) is 0 Å². The normalized spacial score (nSPS) is 10.0. The number of carboxylic acid groups (broad SMARTS) is 1. The van der Waals surface area contributed by atoms with Crippen LogP contribution >= 0.6 is 0 Å². The summed E-state index contributed by atoms with van der Waals surface area (Å²) in [5.74, 6) is -1.13. The quantitative estimate of drug-likeness (QED) is 0.659. The van der Waals surface area contributed by atoms with Crippen molar-refractivity contribution in [2.24, 2.45) is 0 Å². The first-order valence-electron chi connectivity index (χ1n) is 4.82. The lowest BCUT2D eigenvalue weighted by Crippen LogP contribution is -1.91. The van der Waals surface area contributed by atoms with E-state index in [1.54, 1.807) is 0 Å². The van der Waals surface area contributed by atoms with Gasteiger partial charge in [-0.2, -0.15) is 0 Å². The summed E-state index contributed by atoms with van der Waals surface area (Å²) < 4.78 is 10.1. The number of non-ortho nitro benzene ring substituents is 1. The maximum Gasteiger partial charge on any atom is 0.371 e. The molecule has 1 aromatic carbocycles. The van der Waals surface area contributed by atoms with Crippen LogP contribution in [0.5, 0.6) is 11.7 Å². The van der Waals surface area contributed by atoms with Crippen LogP contribution in [-0.2, 0) is 0 Å². The average Bonchev–Trinajstić information content (AvgIpc) is 2.78. The van der Waals surface area contributed by atoms with Crippen LogP contribution < -0.4 is 4.74 Å². The second-order valence-corrected chi connectivity index (χ2v) is 3.28. The molecule has 0 saturated heterocycles. The Morgan fingerprint density at radius 3 is 2.39 bits per heavy atom. The number of nitro benzene ring substituents is 1. The third kappa shape index (κ3) is 2.46. The highest BCUT2D eigenvalue weighted by Crippen LogP contribution is 2.25. The third-order valence-electron chi connectivity index (χ3n) is 2.06. The molecule has 0 aliphatic carbocycles. The van der Waals surface area contributed by atoms with Crippen molar-refractivity contribution in [3.05, 3.63) is 52.3 Å². The number of nitro groups is 1. The van der Waals surface area contributed by atoms with Gasteiger partial charge in [0.2, 0.25) is 5.76 Å². The van der Waals surface area contributed by atoms with Crippen molar-refractivity contribution in [3.8, 4) is 11.7 Å². The van der Waals surface area contributed by atoms with E-state index in [1.807, 2.05) is 0 Å². The van der Waals surface area contributed by atoms with Gasteiger partial charge in [0.15, 0.2) is 0 Å². The lowest BCUT2D eigenvalue weighted by Gasteiger charge is -2.00. The van der Waals surface area contributed by atoms with Crippen LogP contribution in [0.3, 0.4) is 0 Å². The fraction of sp³-hybridized carbons (Fsp3) is 0. The van der Waals surface area contributed by atoms with Crippen LogP contribution in [0.1, 0.15) is 10.6 Å². The van der Waals surface area contributed by atoms with E-state index in [-0.39, 0.29) is 17.4 Å².